The van der Waals surface area contributed by atoms with Gasteiger partial charge in [0.05, 0.1) is 17.8 Å². The predicted molar refractivity (Wildman–Crippen MR) is 120 cm³/mol. The first kappa shape index (κ1) is 21.2. The molecule has 0 saturated heterocycles. The van der Waals surface area contributed by atoms with Crippen molar-refractivity contribution in [2.75, 3.05) is 18.0 Å². The Balaban J connectivity index is 1.59. The molecular formula is C23H21ClN2O4S. The summed E-state index contributed by atoms with van der Waals surface area (Å²) in [6.45, 7) is 0.579. The van der Waals surface area contributed by atoms with E-state index in [-0.39, 0.29) is 22.0 Å². The molecule has 1 aliphatic heterocycles. The lowest BCUT2D eigenvalue weighted by Gasteiger charge is -2.20. The predicted octanol–water partition coefficient (Wildman–Crippen LogP) is 4.03. The zero-order valence-corrected chi connectivity index (χ0v) is 18.4. The van der Waals surface area contributed by atoms with Gasteiger partial charge in [0.25, 0.3) is 15.9 Å². The number of para-hydroxylation sites is 2. The monoisotopic (exact) mass is 456 g/mol. The quantitative estimate of drug-likeness (QED) is 0.607. The molecular weight excluding hydrogens is 436 g/mol. The van der Waals surface area contributed by atoms with Crippen molar-refractivity contribution in [1.82, 2.24) is 5.32 Å². The lowest BCUT2D eigenvalue weighted by atomic mass is 10.1. The normalized spacial score (nSPS) is 13.0. The highest BCUT2D eigenvalue weighted by molar-refractivity contribution is 7.93. The molecule has 3 aromatic rings. The molecule has 3 aromatic carbocycles. The Morgan fingerprint density at radius 1 is 1.10 bits per heavy atom. The maximum atomic E-state index is 13.3. The maximum Gasteiger partial charge on any atom is 0.265 e. The number of sulfonamides is 1. The molecule has 6 nitrogen and oxygen atoms in total. The summed E-state index contributed by atoms with van der Waals surface area (Å²) in [5, 5.41) is 2.88. The van der Waals surface area contributed by atoms with E-state index in [1.54, 1.807) is 19.2 Å². The molecule has 1 amide bonds. The van der Waals surface area contributed by atoms with Crippen LogP contribution in [0.2, 0.25) is 5.02 Å². The van der Waals surface area contributed by atoms with Crippen LogP contribution in [0.25, 0.3) is 0 Å². The highest BCUT2D eigenvalue weighted by atomic mass is 35.5. The van der Waals surface area contributed by atoms with E-state index in [1.807, 2.05) is 36.4 Å². The first-order chi connectivity index (χ1) is 14.9. The van der Waals surface area contributed by atoms with Crippen LogP contribution in [0.1, 0.15) is 21.5 Å². The highest BCUT2D eigenvalue weighted by Crippen LogP contribution is 2.35. The molecule has 1 N–H and O–H groups in total. The van der Waals surface area contributed by atoms with E-state index in [4.69, 9.17) is 16.3 Å². The van der Waals surface area contributed by atoms with Crippen LogP contribution < -0.4 is 14.4 Å². The minimum absolute atomic E-state index is 0.0747. The van der Waals surface area contributed by atoms with E-state index in [0.717, 1.165) is 11.1 Å². The van der Waals surface area contributed by atoms with E-state index in [1.165, 1.54) is 22.5 Å². The second-order valence-corrected chi connectivity index (χ2v) is 9.33. The van der Waals surface area contributed by atoms with Crippen molar-refractivity contribution < 1.29 is 17.9 Å². The Labute approximate surface area is 186 Å². The number of benzene rings is 3. The number of hydrogen-bond acceptors (Lipinski definition) is 4. The molecule has 1 heterocycles. The highest BCUT2D eigenvalue weighted by Gasteiger charge is 2.32. The molecule has 0 aliphatic carbocycles. The number of nitrogens with one attached hydrogen (secondary N) is 1. The number of anilines is 1. The van der Waals surface area contributed by atoms with Crippen molar-refractivity contribution in [2.45, 2.75) is 17.9 Å². The van der Waals surface area contributed by atoms with Gasteiger partial charge in [0.1, 0.15) is 10.6 Å². The van der Waals surface area contributed by atoms with Crippen LogP contribution in [0.4, 0.5) is 5.69 Å². The molecule has 4 rings (SSSR count). The summed E-state index contributed by atoms with van der Waals surface area (Å²) >= 11 is 6.25. The van der Waals surface area contributed by atoms with Crippen LogP contribution in [-0.2, 0) is 23.0 Å². The Morgan fingerprint density at radius 2 is 1.84 bits per heavy atom. The molecule has 160 valence electrons. The van der Waals surface area contributed by atoms with Gasteiger partial charge in [0.2, 0.25) is 0 Å². The maximum absolute atomic E-state index is 13.3. The van der Waals surface area contributed by atoms with Crippen LogP contribution >= 0.6 is 11.6 Å². The molecule has 0 aromatic heterocycles. The van der Waals surface area contributed by atoms with Gasteiger partial charge in [-0.25, -0.2) is 8.42 Å². The molecule has 0 fully saturated rings. The molecule has 0 radical (unpaired) electrons. The van der Waals surface area contributed by atoms with Crippen LogP contribution in [0.3, 0.4) is 0 Å². The van der Waals surface area contributed by atoms with Crippen LogP contribution in [0.15, 0.2) is 71.6 Å². The van der Waals surface area contributed by atoms with Gasteiger partial charge in [-0.3, -0.25) is 9.10 Å². The third-order valence-corrected chi connectivity index (χ3v) is 7.53. The van der Waals surface area contributed by atoms with Crippen molar-refractivity contribution in [3.8, 4) is 5.75 Å². The van der Waals surface area contributed by atoms with Crippen LogP contribution in [0, 0.1) is 0 Å². The molecule has 8 heteroatoms. The number of carbonyl (C=O) groups excluding carboxylic acids is 1. The lowest BCUT2D eigenvalue weighted by molar-refractivity contribution is 0.0950. The first-order valence-corrected chi connectivity index (χ1v) is 11.5. The number of fused-ring (bicyclic) bond motifs is 1. The van der Waals surface area contributed by atoms with Gasteiger partial charge < -0.3 is 10.1 Å². The lowest BCUT2D eigenvalue weighted by Crippen LogP contribution is -2.30. The van der Waals surface area contributed by atoms with Gasteiger partial charge in [-0.1, -0.05) is 48.0 Å². The number of hydrogen-bond donors (Lipinski definition) is 1. The fraction of sp³-hybridized carbons (Fsp3) is 0.174. The van der Waals surface area contributed by atoms with Crippen molar-refractivity contribution >= 4 is 33.2 Å². The smallest absolute Gasteiger partial charge is 0.265 e. The van der Waals surface area contributed by atoms with Crippen molar-refractivity contribution in [1.29, 1.82) is 0 Å². The Kier molecular flexibility index (Phi) is 5.89. The van der Waals surface area contributed by atoms with Crippen molar-refractivity contribution in [3.63, 3.8) is 0 Å². The molecule has 1 aliphatic rings. The number of nitrogens with zero attached hydrogens (tertiary/aromatic N) is 1. The van der Waals surface area contributed by atoms with E-state index in [0.29, 0.717) is 24.4 Å². The summed E-state index contributed by atoms with van der Waals surface area (Å²) in [4.78, 5) is 12.6. The Morgan fingerprint density at radius 3 is 2.65 bits per heavy atom. The summed E-state index contributed by atoms with van der Waals surface area (Å²) < 4.78 is 33.3. The SMILES string of the molecule is COc1ccccc1CNC(=O)c1ccc(Cl)c(S(=O)(=O)N2CCc3ccccc32)c1. The van der Waals surface area contributed by atoms with Crippen molar-refractivity contribution in [2.24, 2.45) is 0 Å². The number of methoxy groups -OCH3 is 1. The number of carbonyl (C=O) groups is 1. The zero-order valence-electron chi connectivity index (χ0n) is 16.8. The summed E-state index contributed by atoms with van der Waals surface area (Å²) in [5.41, 5.74) is 2.64. The number of halogens is 1. The van der Waals surface area contributed by atoms with Gasteiger partial charge in [-0.15, -0.1) is 0 Å². The van der Waals surface area contributed by atoms with E-state index in [2.05, 4.69) is 5.32 Å². The van der Waals surface area contributed by atoms with Crippen LogP contribution in [0.5, 0.6) is 5.75 Å². The minimum Gasteiger partial charge on any atom is -0.496 e. The molecule has 0 atom stereocenters. The number of rotatable bonds is 6. The summed E-state index contributed by atoms with van der Waals surface area (Å²) in [6, 6.07) is 19.0. The molecule has 0 bridgehead atoms. The summed E-state index contributed by atoms with van der Waals surface area (Å²) in [5.74, 6) is 0.260. The topological polar surface area (TPSA) is 75.7 Å². The molecule has 0 unspecified atom stereocenters. The second-order valence-electron chi connectivity index (χ2n) is 7.10. The van der Waals surface area contributed by atoms with E-state index in [9.17, 15) is 13.2 Å². The third kappa shape index (κ3) is 4.11. The molecule has 31 heavy (non-hydrogen) atoms. The average molecular weight is 457 g/mol. The van der Waals surface area contributed by atoms with E-state index >= 15 is 0 Å². The minimum atomic E-state index is -3.92. The van der Waals surface area contributed by atoms with Gasteiger partial charge in [-0.2, -0.15) is 0 Å². The van der Waals surface area contributed by atoms with Crippen molar-refractivity contribution in [3.05, 3.63) is 88.4 Å². The van der Waals surface area contributed by atoms with Gasteiger partial charge in [0.15, 0.2) is 0 Å². The molecule has 0 saturated carbocycles. The van der Waals surface area contributed by atoms with Gasteiger partial charge in [0, 0.05) is 24.2 Å². The number of amides is 1. The van der Waals surface area contributed by atoms with Gasteiger partial charge >= 0.3 is 0 Å². The number of ether oxygens (including phenoxy) is 1. The third-order valence-electron chi connectivity index (χ3n) is 5.24. The average Bonchev–Trinajstić information content (AvgIpc) is 3.23. The fourth-order valence-corrected chi connectivity index (χ4v) is 5.65. The molecule has 0 spiro atoms. The van der Waals surface area contributed by atoms with Crippen LogP contribution in [-0.4, -0.2) is 28.0 Å². The second kappa shape index (κ2) is 8.61. The summed E-state index contributed by atoms with van der Waals surface area (Å²) in [7, 11) is -2.35. The zero-order chi connectivity index (χ0) is 22.0. The summed E-state index contributed by atoms with van der Waals surface area (Å²) in [6.07, 6.45) is 0.631. The Bertz CT molecular complexity index is 1240. The Hall–Kier alpha value is -3.03. The van der Waals surface area contributed by atoms with Gasteiger partial charge in [-0.05, 0) is 42.3 Å². The largest absolute Gasteiger partial charge is 0.496 e. The standard InChI is InChI=1S/C23H21ClN2O4S/c1-30-21-9-5-3-7-18(21)15-25-23(27)17-10-11-19(24)22(14-17)31(28,29)26-13-12-16-6-2-4-8-20(16)26/h2-11,14H,12-13,15H2,1H3,(H,25,27). The van der Waals surface area contributed by atoms with E-state index < -0.39 is 15.9 Å². The fourth-order valence-electron chi connectivity index (χ4n) is 3.65. The first-order valence-electron chi connectivity index (χ1n) is 9.72.